The van der Waals surface area contributed by atoms with Crippen LogP contribution in [0.4, 0.5) is 5.69 Å². The number of para-hydroxylation sites is 1. The second kappa shape index (κ2) is 5.51. The highest BCUT2D eigenvalue weighted by Crippen LogP contribution is 2.44. The number of hydrogen-bond acceptors (Lipinski definition) is 4. The molecule has 1 aliphatic carbocycles. The average Bonchev–Trinajstić information content (AvgIpc) is 3.17. The summed E-state index contributed by atoms with van der Waals surface area (Å²) in [6.45, 7) is 3.28. The van der Waals surface area contributed by atoms with Gasteiger partial charge in [-0.2, -0.15) is 0 Å². The first kappa shape index (κ1) is 14.3. The molecule has 1 aromatic rings. The molecule has 1 saturated carbocycles. The molecule has 0 heterocycles. The van der Waals surface area contributed by atoms with Crippen molar-refractivity contribution in [2.45, 2.75) is 31.1 Å². The van der Waals surface area contributed by atoms with Gasteiger partial charge in [-0.3, -0.25) is 0 Å². The Morgan fingerprint density at radius 1 is 1.32 bits per heavy atom. The van der Waals surface area contributed by atoms with Crippen molar-refractivity contribution in [1.29, 1.82) is 0 Å². The van der Waals surface area contributed by atoms with Crippen LogP contribution in [0.3, 0.4) is 0 Å². The maximum absolute atomic E-state index is 12.2. The highest BCUT2D eigenvalue weighted by atomic mass is 32.2. The molecule has 0 aromatic heterocycles. The minimum atomic E-state index is -3.19. The van der Waals surface area contributed by atoms with E-state index >= 15 is 0 Å². The van der Waals surface area contributed by atoms with E-state index < -0.39 is 9.84 Å². The molecule has 0 atom stereocenters. The highest BCUT2D eigenvalue weighted by molar-refractivity contribution is 7.91. The van der Waals surface area contributed by atoms with E-state index in [0.29, 0.717) is 23.5 Å². The van der Waals surface area contributed by atoms with Crippen LogP contribution in [0.2, 0.25) is 0 Å². The first-order chi connectivity index (χ1) is 9.03. The van der Waals surface area contributed by atoms with Crippen LogP contribution in [0.15, 0.2) is 29.2 Å². The zero-order valence-electron chi connectivity index (χ0n) is 11.4. The molecule has 0 amide bonds. The van der Waals surface area contributed by atoms with Gasteiger partial charge in [-0.25, -0.2) is 8.42 Å². The lowest BCUT2D eigenvalue weighted by Gasteiger charge is -2.17. The van der Waals surface area contributed by atoms with Gasteiger partial charge in [0.1, 0.15) is 0 Å². The Morgan fingerprint density at radius 2 is 2.00 bits per heavy atom. The summed E-state index contributed by atoms with van der Waals surface area (Å²) < 4.78 is 24.4. The van der Waals surface area contributed by atoms with E-state index in [9.17, 15) is 8.42 Å². The first-order valence-corrected chi connectivity index (χ1v) is 8.44. The van der Waals surface area contributed by atoms with Crippen molar-refractivity contribution in [3.05, 3.63) is 24.3 Å². The number of benzene rings is 1. The van der Waals surface area contributed by atoms with Crippen molar-refractivity contribution in [2.75, 3.05) is 24.2 Å². The summed E-state index contributed by atoms with van der Waals surface area (Å²) in [6, 6.07) is 7.13. The summed E-state index contributed by atoms with van der Waals surface area (Å²) in [7, 11) is -3.19. The van der Waals surface area contributed by atoms with E-state index in [-0.39, 0.29) is 11.2 Å². The van der Waals surface area contributed by atoms with Gasteiger partial charge in [-0.15, -0.1) is 0 Å². The molecular formula is C14H22N2O2S. The molecule has 0 saturated heterocycles. The lowest BCUT2D eigenvalue weighted by Crippen LogP contribution is -2.24. The van der Waals surface area contributed by atoms with E-state index in [1.54, 1.807) is 12.1 Å². The molecule has 0 unspecified atom stereocenters. The summed E-state index contributed by atoms with van der Waals surface area (Å²) in [5.41, 5.74) is 6.63. The molecule has 19 heavy (non-hydrogen) atoms. The zero-order valence-corrected chi connectivity index (χ0v) is 12.2. The van der Waals surface area contributed by atoms with Gasteiger partial charge in [0.2, 0.25) is 0 Å². The molecule has 0 aliphatic heterocycles. The number of nitrogens with one attached hydrogen (secondary N) is 1. The van der Waals surface area contributed by atoms with Gasteiger partial charge in [0.15, 0.2) is 9.84 Å². The van der Waals surface area contributed by atoms with Crippen LogP contribution in [0.1, 0.15) is 26.2 Å². The van der Waals surface area contributed by atoms with Crippen molar-refractivity contribution >= 4 is 15.5 Å². The van der Waals surface area contributed by atoms with Gasteiger partial charge in [0.25, 0.3) is 0 Å². The van der Waals surface area contributed by atoms with Crippen molar-refractivity contribution in [3.63, 3.8) is 0 Å². The molecule has 1 aromatic carbocycles. The molecule has 0 bridgehead atoms. The number of sulfone groups is 1. The fourth-order valence-electron chi connectivity index (χ4n) is 2.18. The number of anilines is 1. The van der Waals surface area contributed by atoms with E-state index in [4.69, 9.17) is 5.73 Å². The summed E-state index contributed by atoms with van der Waals surface area (Å²) in [4.78, 5) is 0.407. The van der Waals surface area contributed by atoms with Crippen molar-refractivity contribution in [2.24, 2.45) is 11.1 Å². The smallest absolute Gasteiger partial charge is 0.180 e. The maximum Gasteiger partial charge on any atom is 0.180 e. The van der Waals surface area contributed by atoms with Crippen LogP contribution in [0, 0.1) is 5.41 Å². The molecule has 1 aliphatic rings. The Balaban J connectivity index is 2.17. The maximum atomic E-state index is 12.2. The lowest BCUT2D eigenvalue weighted by atomic mass is 10.1. The third-order valence-electron chi connectivity index (χ3n) is 3.74. The second-order valence-corrected chi connectivity index (χ2v) is 7.45. The first-order valence-electron chi connectivity index (χ1n) is 6.79. The van der Waals surface area contributed by atoms with Crippen molar-refractivity contribution in [3.8, 4) is 0 Å². The van der Waals surface area contributed by atoms with Gasteiger partial charge in [-0.1, -0.05) is 19.1 Å². The standard InChI is InChI=1S/C14H22N2O2S/c1-2-9-19(17,18)13-6-4-3-5-12(13)16-11-14(10-15)7-8-14/h3-6,16H,2,7-11,15H2,1H3. The fourth-order valence-corrected chi connectivity index (χ4v) is 3.69. The third-order valence-corrected chi connectivity index (χ3v) is 5.71. The second-order valence-electron chi connectivity index (χ2n) is 5.37. The van der Waals surface area contributed by atoms with Crippen LogP contribution >= 0.6 is 0 Å². The Labute approximate surface area is 115 Å². The summed E-state index contributed by atoms with van der Waals surface area (Å²) in [5, 5.41) is 3.27. The Bertz CT molecular complexity index is 536. The molecule has 106 valence electrons. The van der Waals surface area contributed by atoms with Crippen LogP contribution in [-0.4, -0.2) is 27.3 Å². The lowest BCUT2D eigenvalue weighted by molar-refractivity contribution is 0.554. The van der Waals surface area contributed by atoms with E-state index in [2.05, 4.69) is 5.32 Å². The Morgan fingerprint density at radius 3 is 2.58 bits per heavy atom. The topological polar surface area (TPSA) is 72.2 Å². The van der Waals surface area contributed by atoms with Gasteiger partial charge in [-0.05, 0) is 43.4 Å². The molecule has 0 spiro atoms. The van der Waals surface area contributed by atoms with Crippen molar-refractivity contribution in [1.82, 2.24) is 0 Å². The van der Waals surface area contributed by atoms with E-state index in [1.165, 1.54) is 0 Å². The predicted molar refractivity (Wildman–Crippen MR) is 78.0 cm³/mol. The third kappa shape index (κ3) is 3.28. The molecule has 2 rings (SSSR count). The zero-order chi connectivity index (χ0) is 13.9. The van der Waals surface area contributed by atoms with Crippen LogP contribution in [-0.2, 0) is 9.84 Å². The number of rotatable bonds is 7. The van der Waals surface area contributed by atoms with E-state index in [1.807, 2.05) is 19.1 Å². The molecule has 0 radical (unpaired) electrons. The number of hydrogen-bond donors (Lipinski definition) is 2. The minimum absolute atomic E-state index is 0.182. The fraction of sp³-hybridized carbons (Fsp3) is 0.571. The van der Waals surface area contributed by atoms with Crippen molar-refractivity contribution < 1.29 is 8.42 Å². The largest absolute Gasteiger partial charge is 0.383 e. The molecule has 4 nitrogen and oxygen atoms in total. The molecular weight excluding hydrogens is 260 g/mol. The summed E-state index contributed by atoms with van der Waals surface area (Å²) >= 11 is 0. The summed E-state index contributed by atoms with van der Waals surface area (Å²) in [5.74, 6) is 0.188. The Kier molecular flexibility index (Phi) is 4.16. The van der Waals surface area contributed by atoms with Gasteiger partial charge >= 0.3 is 0 Å². The monoisotopic (exact) mass is 282 g/mol. The van der Waals surface area contributed by atoms with Gasteiger partial charge in [0.05, 0.1) is 16.3 Å². The summed E-state index contributed by atoms with van der Waals surface area (Å²) in [6.07, 6.45) is 2.88. The minimum Gasteiger partial charge on any atom is -0.383 e. The predicted octanol–water partition coefficient (Wildman–Crippen LogP) is 2.02. The molecule has 3 N–H and O–H groups in total. The average molecular weight is 282 g/mol. The van der Waals surface area contributed by atoms with E-state index in [0.717, 1.165) is 19.4 Å². The normalized spacial score (nSPS) is 17.2. The van der Waals surface area contributed by atoms with Gasteiger partial charge in [0, 0.05) is 6.54 Å². The Hall–Kier alpha value is -1.07. The quantitative estimate of drug-likeness (QED) is 0.802. The van der Waals surface area contributed by atoms with Crippen LogP contribution in [0.5, 0.6) is 0 Å². The van der Waals surface area contributed by atoms with Gasteiger partial charge < -0.3 is 11.1 Å². The van der Waals surface area contributed by atoms with Crippen LogP contribution < -0.4 is 11.1 Å². The van der Waals surface area contributed by atoms with Crippen LogP contribution in [0.25, 0.3) is 0 Å². The molecule has 1 fully saturated rings. The number of nitrogens with two attached hydrogens (primary N) is 1. The SMILES string of the molecule is CCCS(=O)(=O)c1ccccc1NCC1(CN)CC1. The highest BCUT2D eigenvalue weighted by Gasteiger charge is 2.41. The molecule has 5 heteroatoms.